The molecule has 1 N–H and O–H groups in total. The van der Waals surface area contributed by atoms with Crippen LogP contribution in [0.3, 0.4) is 0 Å². The molecule has 0 aliphatic heterocycles. The highest BCUT2D eigenvalue weighted by Crippen LogP contribution is 2.27. The van der Waals surface area contributed by atoms with Crippen LogP contribution in [0, 0.1) is 0 Å². The van der Waals surface area contributed by atoms with E-state index in [1.54, 1.807) is 0 Å². The van der Waals surface area contributed by atoms with Gasteiger partial charge in [0, 0.05) is 32.1 Å². The highest BCUT2D eigenvalue weighted by Gasteiger charge is 2.16. The van der Waals surface area contributed by atoms with Crippen molar-refractivity contribution in [3.63, 3.8) is 0 Å². The molecule has 1 heterocycles. The maximum absolute atomic E-state index is 4.84. The normalized spacial score (nSPS) is 14.2. The van der Waals surface area contributed by atoms with Gasteiger partial charge in [0.1, 0.15) is 5.01 Å². The predicted octanol–water partition coefficient (Wildman–Crippen LogP) is 3.38. The van der Waals surface area contributed by atoms with Gasteiger partial charge in [0.25, 0.3) is 0 Å². The zero-order valence-corrected chi connectivity index (χ0v) is 19.3. The molecule has 1 aliphatic carbocycles. The first-order valence-electron chi connectivity index (χ1n) is 9.29. The van der Waals surface area contributed by atoms with Crippen molar-refractivity contribution >= 4 is 41.3 Å². The van der Waals surface area contributed by atoms with Crippen molar-refractivity contribution in [2.45, 2.75) is 52.5 Å². The van der Waals surface area contributed by atoms with Crippen LogP contribution in [0.4, 0.5) is 0 Å². The zero-order valence-electron chi connectivity index (χ0n) is 16.2. The summed E-state index contributed by atoms with van der Waals surface area (Å²) in [7, 11) is 3.95. The maximum Gasteiger partial charge on any atom is 0.193 e. The molecule has 0 fully saturated rings. The van der Waals surface area contributed by atoms with Gasteiger partial charge in [-0.1, -0.05) is 13.8 Å². The third kappa shape index (κ3) is 7.02. The van der Waals surface area contributed by atoms with Crippen LogP contribution in [0.25, 0.3) is 0 Å². The number of rotatable bonds is 8. The second-order valence-electron chi connectivity index (χ2n) is 6.45. The van der Waals surface area contributed by atoms with Crippen molar-refractivity contribution in [3.05, 3.63) is 15.6 Å². The number of hydrogen-bond donors (Lipinski definition) is 1. The first kappa shape index (κ1) is 22.6. The molecule has 0 amide bonds. The van der Waals surface area contributed by atoms with E-state index < -0.39 is 0 Å². The van der Waals surface area contributed by atoms with E-state index in [4.69, 9.17) is 4.98 Å². The van der Waals surface area contributed by atoms with E-state index in [1.807, 2.05) is 18.4 Å². The van der Waals surface area contributed by atoms with E-state index >= 15 is 0 Å². The second kappa shape index (κ2) is 12.1. The third-order valence-corrected chi connectivity index (χ3v) is 5.68. The number of guanidine groups is 1. The first-order valence-corrected chi connectivity index (χ1v) is 10.1. The summed E-state index contributed by atoms with van der Waals surface area (Å²) >= 11 is 1.89. The number of aromatic nitrogens is 1. The Morgan fingerprint density at radius 1 is 1.24 bits per heavy atom. The zero-order chi connectivity index (χ0) is 17.4. The van der Waals surface area contributed by atoms with E-state index in [0.29, 0.717) is 0 Å². The number of halogens is 1. The van der Waals surface area contributed by atoms with Crippen LogP contribution in [-0.2, 0) is 19.4 Å². The molecule has 0 aromatic carbocycles. The Morgan fingerprint density at radius 2 is 2.00 bits per heavy atom. The van der Waals surface area contributed by atoms with Crippen LogP contribution >= 0.6 is 35.3 Å². The smallest absolute Gasteiger partial charge is 0.193 e. The summed E-state index contributed by atoms with van der Waals surface area (Å²) in [5.74, 6) is 0.954. The summed E-state index contributed by atoms with van der Waals surface area (Å²) in [6.45, 7) is 9.55. The molecule has 0 atom stereocenters. The lowest BCUT2D eigenvalue weighted by atomic mass is 10.0. The standard InChI is InChI=1S/C18H33N5S.HI/c1-5-12-23(6-2)13-11-20-18(19-3)22(4)14-17-21-15-9-7-8-10-16(15)24-17;/h5-14H2,1-4H3,(H,19,20);1H. The Morgan fingerprint density at radius 3 is 2.64 bits per heavy atom. The van der Waals surface area contributed by atoms with Crippen molar-refractivity contribution in [2.75, 3.05) is 40.3 Å². The minimum absolute atomic E-state index is 0. The van der Waals surface area contributed by atoms with Crippen LogP contribution in [0.5, 0.6) is 0 Å². The molecular formula is C18H34IN5S. The van der Waals surface area contributed by atoms with E-state index in [1.165, 1.54) is 41.3 Å². The van der Waals surface area contributed by atoms with Crippen molar-refractivity contribution in [3.8, 4) is 0 Å². The lowest BCUT2D eigenvalue weighted by Crippen LogP contribution is -2.42. The Hall–Kier alpha value is -0.410. The van der Waals surface area contributed by atoms with E-state index in [0.717, 1.165) is 45.1 Å². The summed E-state index contributed by atoms with van der Waals surface area (Å²) in [6, 6.07) is 0. The number of nitrogens with one attached hydrogen (secondary N) is 1. The molecule has 2 rings (SSSR count). The molecule has 0 bridgehead atoms. The fraction of sp³-hybridized carbons (Fsp3) is 0.778. The molecule has 0 saturated heterocycles. The minimum Gasteiger partial charge on any atom is -0.355 e. The molecule has 144 valence electrons. The predicted molar refractivity (Wildman–Crippen MR) is 119 cm³/mol. The molecule has 1 aromatic rings. The number of nitrogens with zero attached hydrogens (tertiary/aromatic N) is 4. The molecule has 1 aliphatic rings. The minimum atomic E-state index is 0. The second-order valence-corrected chi connectivity index (χ2v) is 7.62. The molecule has 5 nitrogen and oxygen atoms in total. The van der Waals surface area contributed by atoms with E-state index in [2.05, 4.69) is 41.0 Å². The lowest BCUT2D eigenvalue weighted by molar-refractivity contribution is 0.291. The molecule has 0 radical (unpaired) electrons. The fourth-order valence-corrected chi connectivity index (χ4v) is 4.42. The van der Waals surface area contributed by atoms with Crippen molar-refractivity contribution < 1.29 is 0 Å². The van der Waals surface area contributed by atoms with Gasteiger partial charge >= 0.3 is 0 Å². The molecule has 1 aromatic heterocycles. The number of likely N-dealkylation sites (N-methyl/N-ethyl adjacent to an activating group) is 1. The molecule has 0 saturated carbocycles. The van der Waals surface area contributed by atoms with Crippen molar-refractivity contribution in [1.29, 1.82) is 0 Å². The molecule has 25 heavy (non-hydrogen) atoms. The maximum atomic E-state index is 4.84. The topological polar surface area (TPSA) is 43.8 Å². The Bertz CT molecular complexity index is 508. The van der Waals surface area contributed by atoms with Gasteiger partial charge in [-0.3, -0.25) is 4.99 Å². The fourth-order valence-electron chi connectivity index (χ4n) is 3.21. The van der Waals surface area contributed by atoms with Crippen molar-refractivity contribution in [1.82, 2.24) is 20.1 Å². The Labute approximate surface area is 174 Å². The van der Waals surface area contributed by atoms with Gasteiger partial charge < -0.3 is 15.1 Å². The van der Waals surface area contributed by atoms with Gasteiger partial charge in [-0.15, -0.1) is 35.3 Å². The van der Waals surface area contributed by atoms with E-state index in [9.17, 15) is 0 Å². The molecular weight excluding hydrogens is 445 g/mol. The Balaban J connectivity index is 0.00000312. The number of aryl methyl sites for hydroxylation is 2. The number of fused-ring (bicyclic) bond motifs is 1. The van der Waals surface area contributed by atoms with Gasteiger partial charge in [0.15, 0.2) is 5.96 Å². The largest absolute Gasteiger partial charge is 0.355 e. The first-order chi connectivity index (χ1) is 11.7. The van der Waals surface area contributed by atoms with Crippen molar-refractivity contribution in [2.24, 2.45) is 4.99 Å². The van der Waals surface area contributed by atoms with Gasteiger partial charge in [0.2, 0.25) is 0 Å². The van der Waals surface area contributed by atoms with Crippen LogP contribution in [0.1, 0.15) is 48.7 Å². The number of thiazole rings is 1. The summed E-state index contributed by atoms with van der Waals surface area (Å²) in [6.07, 6.45) is 6.19. The summed E-state index contributed by atoms with van der Waals surface area (Å²) in [5.41, 5.74) is 1.34. The SMILES string of the molecule is CCCN(CC)CCNC(=NC)N(C)Cc1nc2c(s1)CCCC2.I. The van der Waals surface area contributed by atoms with Gasteiger partial charge in [0.05, 0.1) is 12.2 Å². The lowest BCUT2D eigenvalue weighted by Gasteiger charge is -2.24. The average molecular weight is 479 g/mol. The highest BCUT2D eigenvalue weighted by molar-refractivity contribution is 14.0. The van der Waals surface area contributed by atoms with Crippen LogP contribution in [-0.4, -0.2) is 61.0 Å². The summed E-state index contributed by atoms with van der Waals surface area (Å²) in [4.78, 5) is 15.4. The monoisotopic (exact) mass is 479 g/mol. The Kier molecular flexibility index (Phi) is 10.9. The van der Waals surface area contributed by atoms with Gasteiger partial charge in [-0.25, -0.2) is 4.98 Å². The summed E-state index contributed by atoms with van der Waals surface area (Å²) in [5, 5.41) is 4.70. The van der Waals surface area contributed by atoms with Gasteiger partial charge in [-0.05, 0) is 45.2 Å². The van der Waals surface area contributed by atoms with Crippen LogP contribution in [0.15, 0.2) is 4.99 Å². The molecule has 7 heteroatoms. The van der Waals surface area contributed by atoms with E-state index in [-0.39, 0.29) is 24.0 Å². The summed E-state index contributed by atoms with van der Waals surface area (Å²) < 4.78 is 0. The highest BCUT2D eigenvalue weighted by atomic mass is 127. The average Bonchev–Trinajstić information content (AvgIpc) is 2.99. The van der Waals surface area contributed by atoms with Crippen LogP contribution < -0.4 is 5.32 Å². The number of hydrogen-bond acceptors (Lipinski definition) is 4. The molecule has 0 unspecified atom stereocenters. The third-order valence-electron chi connectivity index (χ3n) is 4.53. The quantitative estimate of drug-likeness (QED) is 0.353. The number of aliphatic imine (C=N–C) groups is 1. The molecule has 0 spiro atoms. The van der Waals surface area contributed by atoms with Gasteiger partial charge in [-0.2, -0.15) is 0 Å². The van der Waals surface area contributed by atoms with Crippen LogP contribution in [0.2, 0.25) is 0 Å².